The second kappa shape index (κ2) is 9.39. The highest BCUT2D eigenvalue weighted by Gasteiger charge is 2.40. The molecule has 0 bridgehead atoms. The zero-order valence-corrected chi connectivity index (χ0v) is 19.8. The standard InChI is InChI=1S/C21H26BrClN4O3/c1-11(2)16(25-21(29)30-4)20(28)27-10-12(3)9-15(27)19-24-17(18(23)26-19)13-5-7-14(22)8-6-13/h5-8,11-12,15-16H,9-10H2,1-4H3,(H,24,26)(H,25,29). The number of halogens is 2. The molecule has 9 heteroatoms. The number of imidazole rings is 1. The molecule has 3 unspecified atom stereocenters. The van der Waals surface area contributed by atoms with Gasteiger partial charge in [0.25, 0.3) is 0 Å². The summed E-state index contributed by atoms with van der Waals surface area (Å²) in [5.74, 6) is 0.704. The Labute approximate surface area is 189 Å². The van der Waals surface area contributed by atoms with E-state index in [1.54, 1.807) is 4.90 Å². The molecule has 0 spiro atoms. The second-order valence-electron chi connectivity index (χ2n) is 8.00. The van der Waals surface area contributed by atoms with Crippen molar-refractivity contribution in [1.29, 1.82) is 0 Å². The van der Waals surface area contributed by atoms with Crippen LogP contribution in [0, 0.1) is 11.8 Å². The summed E-state index contributed by atoms with van der Waals surface area (Å²) in [5, 5.41) is 3.10. The Morgan fingerprint density at radius 1 is 1.33 bits per heavy atom. The van der Waals surface area contributed by atoms with Gasteiger partial charge in [-0.1, -0.05) is 60.4 Å². The van der Waals surface area contributed by atoms with E-state index in [9.17, 15) is 9.59 Å². The third-order valence-electron chi connectivity index (χ3n) is 5.30. The number of hydrogen-bond acceptors (Lipinski definition) is 4. The highest BCUT2D eigenvalue weighted by atomic mass is 79.9. The molecule has 3 rings (SSSR count). The van der Waals surface area contributed by atoms with Crippen molar-refractivity contribution in [1.82, 2.24) is 20.2 Å². The molecule has 30 heavy (non-hydrogen) atoms. The zero-order valence-electron chi connectivity index (χ0n) is 17.4. The van der Waals surface area contributed by atoms with E-state index in [0.717, 1.165) is 16.5 Å². The molecule has 2 amide bonds. The number of aromatic nitrogens is 2. The molecule has 1 aromatic carbocycles. The first kappa shape index (κ1) is 22.6. The number of rotatable bonds is 5. The molecule has 1 aliphatic rings. The Kier molecular flexibility index (Phi) is 7.08. The molecule has 0 aliphatic carbocycles. The van der Waals surface area contributed by atoms with Crippen molar-refractivity contribution >= 4 is 39.5 Å². The van der Waals surface area contributed by atoms with Crippen molar-refractivity contribution < 1.29 is 14.3 Å². The summed E-state index contributed by atoms with van der Waals surface area (Å²) < 4.78 is 5.66. The lowest BCUT2D eigenvalue weighted by atomic mass is 10.0. The molecule has 2 heterocycles. The van der Waals surface area contributed by atoms with Crippen LogP contribution in [0.3, 0.4) is 0 Å². The molecule has 0 saturated carbocycles. The number of H-pyrrole nitrogens is 1. The number of likely N-dealkylation sites (tertiary alicyclic amines) is 1. The minimum Gasteiger partial charge on any atom is -0.453 e. The molecule has 162 valence electrons. The van der Waals surface area contributed by atoms with E-state index in [2.05, 4.69) is 33.2 Å². The Morgan fingerprint density at radius 3 is 2.60 bits per heavy atom. The fourth-order valence-electron chi connectivity index (χ4n) is 3.75. The van der Waals surface area contributed by atoms with Gasteiger partial charge in [-0.2, -0.15) is 0 Å². The van der Waals surface area contributed by atoms with Crippen LogP contribution in [0.1, 0.15) is 39.1 Å². The van der Waals surface area contributed by atoms with Crippen molar-refractivity contribution in [3.8, 4) is 11.3 Å². The number of methoxy groups -OCH3 is 1. The van der Waals surface area contributed by atoms with E-state index in [1.807, 2.05) is 38.1 Å². The largest absolute Gasteiger partial charge is 0.453 e. The molecular formula is C21H26BrClN4O3. The van der Waals surface area contributed by atoms with E-state index in [0.29, 0.717) is 29.1 Å². The van der Waals surface area contributed by atoms with E-state index in [-0.39, 0.29) is 17.9 Å². The van der Waals surface area contributed by atoms with Crippen LogP contribution >= 0.6 is 27.5 Å². The summed E-state index contributed by atoms with van der Waals surface area (Å²) in [6, 6.07) is 6.81. The number of alkyl carbamates (subject to hydrolysis) is 1. The van der Waals surface area contributed by atoms with Gasteiger partial charge < -0.3 is 19.9 Å². The molecule has 1 aromatic heterocycles. The van der Waals surface area contributed by atoms with E-state index >= 15 is 0 Å². The van der Waals surface area contributed by atoms with Crippen LogP contribution in [0.25, 0.3) is 11.3 Å². The fraction of sp³-hybridized carbons (Fsp3) is 0.476. The lowest BCUT2D eigenvalue weighted by Gasteiger charge is -2.30. The van der Waals surface area contributed by atoms with Crippen LogP contribution in [0.15, 0.2) is 28.7 Å². The molecule has 0 radical (unpaired) electrons. The van der Waals surface area contributed by atoms with Gasteiger partial charge in [-0.3, -0.25) is 4.79 Å². The smallest absolute Gasteiger partial charge is 0.407 e. The summed E-state index contributed by atoms with van der Waals surface area (Å²) in [7, 11) is 1.28. The van der Waals surface area contributed by atoms with Crippen LogP contribution < -0.4 is 5.32 Å². The van der Waals surface area contributed by atoms with E-state index in [4.69, 9.17) is 21.3 Å². The van der Waals surface area contributed by atoms with Crippen molar-refractivity contribution in [3.05, 3.63) is 39.7 Å². The van der Waals surface area contributed by atoms with Crippen molar-refractivity contribution in [2.75, 3.05) is 13.7 Å². The topological polar surface area (TPSA) is 87.3 Å². The number of nitrogens with one attached hydrogen (secondary N) is 2. The van der Waals surface area contributed by atoms with Gasteiger partial charge in [0.15, 0.2) is 0 Å². The fourth-order valence-corrected chi connectivity index (χ4v) is 4.27. The van der Waals surface area contributed by atoms with Gasteiger partial charge in [0.1, 0.15) is 22.7 Å². The van der Waals surface area contributed by atoms with E-state index in [1.165, 1.54) is 7.11 Å². The number of hydrogen-bond donors (Lipinski definition) is 2. The summed E-state index contributed by atoms with van der Waals surface area (Å²) in [4.78, 5) is 34.8. The molecule has 2 N–H and O–H groups in total. The molecule has 1 saturated heterocycles. The van der Waals surface area contributed by atoms with Gasteiger partial charge in [0.2, 0.25) is 5.91 Å². The maximum absolute atomic E-state index is 13.3. The Balaban J connectivity index is 1.89. The van der Waals surface area contributed by atoms with Crippen LogP contribution in [0.4, 0.5) is 4.79 Å². The highest BCUT2D eigenvalue weighted by molar-refractivity contribution is 9.10. The Morgan fingerprint density at radius 2 is 2.00 bits per heavy atom. The minimum atomic E-state index is -0.679. The molecule has 1 fully saturated rings. The monoisotopic (exact) mass is 496 g/mol. The first-order chi connectivity index (χ1) is 14.2. The second-order valence-corrected chi connectivity index (χ2v) is 9.29. The summed E-state index contributed by atoms with van der Waals surface area (Å²) >= 11 is 9.88. The van der Waals surface area contributed by atoms with Gasteiger partial charge in [-0.05, 0) is 30.4 Å². The van der Waals surface area contributed by atoms with Gasteiger partial charge in [-0.25, -0.2) is 9.78 Å². The van der Waals surface area contributed by atoms with Crippen molar-refractivity contribution in [2.24, 2.45) is 11.8 Å². The first-order valence-electron chi connectivity index (χ1n) is 9.87. The Hall–Kier alpha value is -2.06. The predicted octanol–water partition coefficient (Wildman–Crippen LogP) is 4.78. The number of ether oxygens (including phenoxy) is 1. The number of amides is 2. The molecular weight excluding hydrogens is 472 g/mol. The molecule has 3 atom stereocenters. The van der Waals surface area contributed by atoms with Crippen LogP contribution in [0.2, 0.25) is 5.15 Å². The van der Waals surface area contributed by atoms with Crippen LogP contribution in [-0.4, -0.2) is 46.6 Å². The van der Waals surface area contributed by atoms with Gasteiger partial charge >= 0.3 is 6.09 Å². The normalized spacial score (nSPS) is 19.8. The average Bonchev–Trinajstić information content (AvgIpc) is 3.28. The van der Waals surface area contributed by atoms with Gasteiger partial charge in [-0.15, -0.1) is 0 Å². The maximum Gasteiger partial charge on any atom is 0.407 e. The average molecular weight is 498 g/mol. The van der Waals surface area contributed by atoms with E-state index < -0.39 is 12.1 Å². The number of benzene rings is 1. The summed E-state index contributed by atoms with van der Waals surface area (Å²) in [5.41, 5.74) is 1.54. The number of nitrogens with zero attached hydrogens (tertiary/aromatic N) is 2. The lowest BCUT2D eigenvalue weighted by molar-refractivity contribution is -0.135. The lowest BCUT2D eigenvalue weighted by Crippen LogP contribution is -2.51. The van der Waals surface area contributed by atoms with Gasteiger partial charge in [0, 0.05) is 16.6 Å². The van der Waals surface area contributed by atoms with Crippen LogP contribution in [0.5, 0.6) is 0 Å². The summed E-state index contributed by atoms with van der Waals surface area (Å²) in [6.07, 6.45) is 0.141. The van der Waals surface area contributed by atoms with Crippen LogP contribution in [-0.2, 0) is 9.53 Å². The number of aromatic amines is 1. The first-order valence-corrected chi connectivity index (χ1v) is 11.0. The number of carbonyl (C=O) groups excluding carboxylic acids is 2. The quantitative estimate of drug-likeness (QED) is 0.622. The van der Waals surface area contributed by atoms with Gasteiger partial charge in [0.05, 0.1) is 13.2 Å². The Bertz CT molecular complexity index is 915. The maximum atomic E-state index is 13.3. The third-order valence-corrected chi connectivity index (χ3v) is 6.10. The molecule has 7 nitrogen and oxygen atoms in total. The third kappa shape index (κ3) is 4.81. The highest BCUT2D eigenvalue weighted by Crippen LogP contribution is 2.37. The zero-order chi connectivity index (χ0) is 22.0. The number of carbonyl (C=O) groups is 2. The van der Waals surface area contributed by atoms with Crippen molar-refractivity contribution in [3.63, 3.8) is 0 Å². The summed E-state index contributed by atoms with van der Waals surface area (Å²) in [6.45, 7) is 6.46. The minimum absolute atomic E-state index is 0.0910. The predicted molar refractivity (Wildman–Crippen MR) is 119 cm³/mol. The molecule has 1 aliphatic heterocycles. The van der Waals surface area contributed by atoms with Crippen molar-refractivity contribution in [2.45, 2.75) is 39.3 Å². The SMILES string of the molecule is COC(=O)NC(C(=O)N1CC(C)CC1c1nc(-c2ccc(Br)cc2)c(Cl)[nH]1)C(C)C. The molecule has 2 aromatic rings.